The molecule has 7 heteroatoms. The number of nitrogens with zero attached hydrogens (tertiary/aromatic N) is 1. The van der Waals surface area contributed by atoms with Gasteiger partial charge in [-0.2, -0.15) is 0 Å². The van der Waals surface area contributed by atoms with E-state index in [9.17, 15) is 9.59 Å². The first kappa shape index (κ1) is 22.3. The summed E-state index contributed by atoms with van der Waals surface area (Å²) in [4.78, 5) is 25.6. The highest BCUT2D eigenvalue weighted by atomic mass is 35.5. The summed E-state index contributed by atoms with van der Waals surface area (Å²) in [6, 6.07) is 10.6. The van der Waals surface area contributed by atoms with Crippen LogP contribution in [0.15, 0.2) is 42.5 Å². The zero-order chi connectivity index (χ0) is 21.4. The number of nitrogens with one attached hydrogen (secondary N) is 1. The SMILES string of the molecule is CCOc1c(Cl)cc(/C=C/C(=O)N(C)Cc2ccc(C(=O)NC)cc2)cc1OC. The van der Waals surface area contributed by atoms with Crippen molar-refractivity contribution in [2.75, 3.05) is 27.8 Å². The number of rotatable bonds is 8. The summed E-state index contributed by atoms with van der Waals surface area (Å²) in [5, 5.41) is 3.00. The molecule has 0 radical (unpaired) electrons. The highest BCUT2D eigenvalue weighted by Gasteiger charge is 2.12. The normalized spacial score (nSPS) is 10.7. The van der Waals surface area contributed by atoms with Crippen LogP contribution in [0.4, 0.5) is 0 Å². The van der Waals surface area contributed by atoms with E-state index in [1.54, 1.807) is 49.3 Å². The van der Waals surface area contributed by atoms with Crippen LogP contribution in [0, 0.1) is 0 Å². The topological polar surface area (TPSA) is 67.9 Å². The second-order valence-corrected chi connectivity index (χ2v) is 6.68. The molecule has 29 heavy (non-hydrogen) atoms. The van der Waals surface area contributed by atoms with Crippen LogP contribution in [0.1, 0.15) is 28.4 Å². The molecule has 0 unspecified atom stereocenters. The molecule has 6 nitrogen and oxygen atoms in total. The molecule has 0 aromatic heterocycles. The van der Waals surface area contributed by atoms with Crippen LogP contribution in [0.5, 0.6) is 11.5 Å². The number of ether oxygens (including phenoxy) is 2. The number of likely N-dealkylation sites (N-methyl/N-ethyl adjacent to an activating group) is 1. The van der Waals surface area contributed by atoms with Gasteiger partial charge in [0.2, 0.25) is 5.91 Å². The summed E-state index contributed by atoms with van der Waals surface area (Å²) in [7, 11) is 4.84. The summed E-state index contributed by atoms with van der Waals surface area (Å²) in [6.07, 6.45) is 3.15. The van der Waals surface area contributed by atoms with Gasteiger partial charge in [0.25, 0.3) is 5.91 Å². The maximum atomic E-state index is 12.4. The van der Waals surface area contributed by atoms with Gasteiger partial charge in [-0.05, 0) is 48.4 Å². The van der Waals surface area contributed by atoms with Crippen LogP contribution in [0.25, 0.3) is 6.08 Å². The van der Waals surface area contributed by atoms with Gasteiger partial charge in [-0.1, -0.05) is 23.7 Å². The number of carbonyl (C=O) groups excluding carboxylic acids is 2. The molecule has 2 amide bonds. The molecule has 0 heterocycles. The molecular weight excluding hydrogens is 392 g/mol. The lowest BCUT2D eigenvalue weighted by Gasteiger charge is -2.15. The summed E-state index contributed by atoms with van der Waals surface area (Å²) in [5.74, 6) is 0.686. The zero-order valence-corrected chi connectivity index (χ0v) is 17.7. The van der Waals surface area contributed by atoms with E-state index in [1.807, 2.05) is 19.1 Å². The van der Waals surface area contributed by atoms with Gasteiger partial charge in [0.1, 0.15) is 0 Å². The van der Waals surface area contributed by atoms with E-state index in [0.29, 0.717) is 35.2 Å². The molecule has 2 aromatic rings. The minimum Gasteiger partial charge on any atom is -0.493 e. The van der Waals surface area contributed by atoms with Crippen LogP contribution in [0.2, 0.25) is 5.02 Å². The molecule has 0 fully saturated rings. The predicted molar refractivity (Wildman–Crippen MR) is 115 cm³/mol. The Hall–Kier alpha value is -2.99. The molecule has 0 aliphatic heterocycles. The average molecular weight is 417 g/mol. The second-order valence-electron chi connectivity index (χ2n) is 6.27. The molecule has 2 aromatic carbocycles. The van der Waals surface area contributed by atoms with Crippen molar-refractivity contribution in [3.8, 4) is 11.5 Å². The van der Waals surface area contributed by atoms with Crippen molar-refractivity contribution < 1.29 is 19.1 Å². The molecule has 0 aliphatic carbocycles. The van der Waals surface area contributed by atoms with Crippen LogP contribution < -0.4 is 14.8 Å². The quantitative estimate of drug-likeness (QED) is 0.665. The Labute approximate surface area is 176 Å². The summed E-state index contributed by atoms with van der Waals surface area (Å²) < 4.78 is 10.8. The van der Waals surface area contributed by atoms with Gasteiger partial charge in [0.15, 0.2) is 11.5 Å². The zero-order valence-electron chi connectivity index (χ0n) is 17.0. The highest BCUT2D eigenvalue weighted by molar-refractivity contribution is 6.32. The van der Waals surface area contributed by atoms with Crippen molar-refractivity contribution in [1.29, 1.82) is 0 Å². The Morgan fingerprint density at radius 1 is 1.21 bits per heavy atom. The lowest BCUT2D eigenvalue weighted by Crippen LogP contribution is -2.24. The van der Waals surface area contributed by atoms with E-state index < -0.39 is 0 Å². The fourth-order valence-electron chi connectivity index (χ4n) is 2.67. The maximum Gasteiger partial charge on any atom is 0.251 e. The lowest BCUT2D eigenvalue weighted by atomic mass is 10.1. The third-order valence-electron chi connectivity index (χ3n) is 4.20. The minimum absolute atomic E-state index is 0.145. The molecule has 0 saturated heterocycles. The molecule has 0 atom stereocenters. The first-order valence-corrected chi connectivity index (χ1v) is 9.51. The van der Waals surface area contributed by atoms with E-state index in [4.69, 9.17) is 21.1 Å². The van der Waals surface area contributed by atoms with Crippen molar-refractivity contribution in [1.82, 2.24) is 10.2 Å². The van der Waals surface area contributed by atoms with E-state index in [1.165, 1.54) is 13.2 Å². The van der Waals surface area contributed by atoms with Gasteiger partial charge >= 0.3 is 0 Å². The van der Waals surface area contributed by atoms with Gasteiger partial charge in [0.05, 0.1) is 18.7 Å². The van der Waals surface area contributed by atoms with Crippen LogP contribution in [-0.4, -0.2) is 44.5 Å². The third-order valence-corrected chi connectivity index (χ3v) is 4.48. The van der Waals surface area contributed by atoms with Crippen molar-refractivity contribution in [2.24, 2.45) is 0 Å². The highest BCUT2D eigenvalue weighted by Crippen LogP contribution is 2.36. The standard InChI is InChI=1S/C22H25ClN2O4/c1-5-29-21-18(23)12-16(13-19(21)28-4)8-11-20(26)25(3)14-15-6-9-17(10-7-15)22(27)24-2/h6-13H,5,14H2,1-4H3,(H,24,27)/b11-8+. The molecule has 1 N–H and O–H groups in total. The Morgan fingerprint density at radius 3 is 2.48 bits per heavy atom. The number of hydrogen-bond acceptors (Lipinski definition) is 4. The van der Waals surface area contributed by atoms with E-state index >= 15 is 0 Å². The van der Waals surface area contributed by atoms with E-state index in [0.717, 1.165) is 11.1 Å². The van der Waals surface area contributed by atoms with E-state index in [-0.39, 0.29) is 11.8 Å². The predicted octanol–water partition coefficient (Wildman–Crippen LogP) is 3.78. The van der Waals surface area contributed by atoms with Gasteiger partial charge in [0, 0.05) is 32.3 Å². The molecule has 0 aliphatic rings. The van der Waals surface area contributed by atoms with E-state index in [2.05, 4.69) is 5.32 Å². The second kappa shape index (κ2) is 10.5. The van der Waals surface area contributed by atoms with Crippen LogP contribution >= 0.6 is 11.6 Å². The summed E-state index contributed by atoms with van der Waals surface area (Å²) >= 11 is 6.26. The van der Waals surface area contributed by atoms with Crippen molar-refractivity contribution in [3.05, 3.63) is 64.2 Å². The fraction of sp³-hybridized carbons (Fsp3) is 0.273. The molecule has 0 bridgehead atoms. The Bertz CT molecular complexity index is 894. The third kappa shape index (κ3) is 5.99. The number of benzene rings is 2. The number of carbonyl (C=O) groups is 2. The summed E-state index contributed by atoms with van der Waals surface area (Å²) in [6.45, 7) is 2.76. The Morgan fingerprint density at radius 2 is 1.90 bits per heavy atom. The monoisotopic (exact) mass is 416 g/mol. The number of amides is 2. The van der Waals surface area contributed by atoms with Crippen LogP contribution in [-0.2, 0) is 11.3 Å². The number of methoxy groups -OCH3 is 1. The van der Waals surface area contributed by atoms with Gasteiger partial charge in [-0.25, -0.2) is 0 Å². The van der Waals surface area contributed by atoms with Crippen LogP contribution in [0.3, 0.4) is 0 Å². The van der Waals surface area contributed by atoms with Crippen molar-refractivity contribution in [2.45, 2.75) is 13.5 Å². The lowest BCUT2D eigenvalue weighted by molar-refractivity contribution is -0.125. The van der Waals surface area contributed by atoms with Gasteiger partial charge in [-0.15, -0.1) is 0 Å². The Kier molecular flexibility index (Phi) is 8.09. The smallest absolute Gasteiger partial charge is 0.251 e. The largest absolute Gasteiger partial charge is 0.493 e. The molecule has 0 spiro atoms. The first-order valence-electron chi connectivity index (χ1n) is 9.14. The van der Waals surface area contributed by atoms with Gasteiger partial charge in [-0.3, -0.25) is 9.59 Å². The number of hydrogen-bond donors (Lipinski definition) is 1. The average Bonchev–Trinajstić information content (AvgIpc) is 2.73. The van der Waals surface area contributed by atoms with Gasteiger partial charge < -0.3 is 19.7 Å². The number of halogens is 1. The van der Waals surface area contributed by atoms with Crippen molar-refractivity contribution in [3.63, 3.8) is 0 Å². The van der Waals surface area contributed by atoms with Crippen molar-refractivity contribution >= 4 is 29.5 Å². The molecule has 0 saturated carbocycles. The molecule has 154 valence electrons. The molecule has 2 rings (SSSR count). The first-order chi connectivity index (χ1) is 13.9. The molecular formula is C22H25ClN2O4. The fourth-order valence-corrected chi connectivity index (χ4v) is 2.95. The minimum atomic E-state index is -0.163. The maximum absolute atomic E-state index is 12.4. The summed E-state index contributed by atoms with van der Waals surface area (Å²) in [5.41, 5.74) is 2.23. The Balaban J connectivity index is 2.06.